The van der Waals surface area contributed by atoms with Crippen molar-refractivity contribution in [3.8, 4) is 5.75 Å². The van der Waals surface area contributed by atoms with E-state index < -0.39 is 40.4 Å². The van der Waals surface area contributed by atoms with Crippen LogP contribution in [0.2, 0.25) is 0 Å². The summed E-state index contributed by atoms with van der Waals surface area (Å²) in [6.07, 6.45) is 0.905. The Labute approximate surface area is 261 Å². The maximum Gasteiger partial charge on any atom is 0.352 e. The number of oxime groups is 1. The van der Waals surface area contributed by atoms with E-state index >= 15 is 0 Å². The van der Waals surface area contributed by atoms with E-state index in [1.54, 1.807) is 0 Å². The van der Waals surface area contributed by atoms with Gasteiger partial charge in [0, 0.05) is 34.9 Å². The number of nitrogens with zero attached hydrogens (tertiary/aromatic N) is 7. The van der Waals surface area contributed by atoms with Crippen LogP contribution in [0.1, 0.15) is 11.5 Å². The number of carbonyl (C=O) groups excluding carboxylic acids is 2. The van der Waals surface area contributed by atoms with Gasteiger partial charge in [-0.3, -0.25) is 19.3 Å². The second kappa shape index (κ2) is 12.8. The molecule has 2 aliphatic heterocycles. The van der Waals surface area contributed by atoms with Crippen molar-refractivity contribution in [2.45, 2.75) is 25.8 Å². The number of thioether (sulfide) groups is 3. The van der Waals surface area contributed by atoms with Crippen LogP contribution in [0.5, 0.6) is 5.75 Å². The summed E-state index contributed by atoms with van der Waals surface area (Å²) in [4.78, 5) is 59.5. The standard InChI is InChI=1S/C21H19N9O8S5/c1-38-27-11(14-24-19(22)43-28-14)15(33)23-12-16(34)30-13(18(35)36)7(4-39-17(12)30)5-40-20-25-26-21(42-20)41-6-8-2-9(31)10(32)3-29(8)37/h2-3,12,17,32,37H,4-6H2,1H3,(H,23,33)(H,35,36)(H2,22,24,28)/t12-,17+/m1/s1. The number of rotatable bonds is 11. The monoisotopic (exact) mass is 685 g/mol. The highest BCUT2D eigenvalue weighted by atomic mass is 32.2. The third kappa shape index (κ3) is 6.41. The second-order valence-corrected chi connectivity index (χ2v) is 13.8. The molecule has 0 aliphatic carbocycles. The number of hydrogen-bond acceptors (Lipinski definition) is 18. The second-order valence-electron chi connectivity index (χ2n) is 8.47. The number of carboxylic acids is 1. The number of aromatic nitrogens is 5. The smallest absolute Gasteiger partial charge is 0.352 e. The van der Waals surface area contributed by atoms with Gasteiger partial charge in [0.15, 0.2) is 19.6 Å². The molecule has 226 valence electrons. The first-order valence-electron chi connectivity index (χ1n) is 11.7. The summed E-state index contributed by atoms with van der Waals surface area (Å²) in [5, 5.41) is 43.0. The van der Waals surface area contributed by atoms with E-state index in [1.165, 1.54) is 53.7 Å². The number of nitrogen functional groups attached to an aromatic ring is 1. The fourth-order valence-corrected chi connectivity index (χ4v) is 8.77. The van der Waals surface area contributed by atoms with Crippen molar-refractivity contribution in [3.05, 3.63) is 45.3 Å². The molecule has 0 aromatic carbocycles. The van der Waals surface area contributed by atoms with Crippen molar-refractivity contribution < 1.29 is 34.6 Å². The molecule has 1 saturated heterocycles. The molecule has 1 fully saturated rings. The number of fused-ring (bicyclic) bond motifs is 1. The van der Waals surface area contributed by atoms with E-state index in [0.29, 0.717) is 19.0 Å². The van der Waals surface area contributed by atoms with Crippen LogP contribution < -0.4 is 16.5 Å². The highest BCUT2D eigenvalue weighted by molar-refractivity contribution is 8.03. The third-order valence-corrected chi connectivity index (χ3v) is 11.0. The fourth-order valence-electron chi connectivity index (χ4n) is 3.87. The van der Waals surface area contributed by atoms with Crippen molar-refractivity contribution in [1.82, 2.24) is 34.5 Å². The van der Waals surface area contributed by atoms with Crippen LogP contribution in [0.3, 0.4) is 0 Å². The summed E-state index contributed by atoms with van der Waals surface area (Å²) in [7, 11) is 1.23. The van der Waals surface area contributed by atoms with Gasteiger partial charge in [-0.15, -0.1) is 22.0 Å². The zero-order valence-electron chi connectivity index (χ0n) is 21.6. The van der Waals surface area contributed by atoms with E-state index in [9.17, 15) is 34.6 Å². The normalized spacial score (nSPS) is 18.3. The van der Waals surface area contributed by atoms with Gasteiger partial charge in [-0.2, -0.15) is 14.1 Å². The maximum atomic E-state index is 13.0. The first-order chi connectivity index (χ1) is 20.6. The van der Waals surface area contributed by atoms with Crippen molar-refractivity contribution >= 4 is 86.8 Å². The number of nitrogens with one attached hydrogen (secondary N) is 1. The van der Waals surface area contributed by atoms with Gasteiger partial charge in [-0.05, 0) is 5.57 Å². The number of anilines is 1. The van der Waals surface area contributed by atoms with Gasteiger partial charge in [-0.25, -0.2) is 4.79 Å². The minimum atomic E-state index is -1.28. The Morgan fingerprint density at radius 2 is 1.98 bits per heavy atom. The van der Waals surface area contributed by atoms with Crippen molar-refractivity contribution in [1.29, 1.82) is 0 Å². The Morgan fingerprint density at radius 1 is 1.26 bits per heavy atom. The number of amides is 2. The lowest BCUT2D eigenvalue weighted by molar-refractivity contribution is -0.150. The molecule has 2 aliphatic rings. The Morgan fingerprint density at radius 3 is 2.63 bits per heavy atom. The van der Waals surface area contributed by atoms with Gasteiger partial charge in [0.2, 0.25) is 17.0 Å². The molecule has 0 radical (unpaired) electrons. The van der Waals surface area contributed by atoms with Crippen molar-refractivity contribution in [3.63, 3.8) is 0 Å². The first-order valence-corrected chi connectivity index (χ1v) is 16.3. The van der Waals surface area contributed by atoms with Gasteiger partial charge >= 0.3 is 5.97 Å². The van der Waals surface area contributed by atoms with Gasteiger partial charge in [0.25, 0.3) is 11.8 Å². The molecule has 0 unspecified atom stereocenters. The van der Waals surface area contributed by atoms with Crippen LogP contribution in [0, 0.1) is 0 Å². The van der Waals surface area contributed by atoms with Crippen molar-refractivity contribution in [2.75, 3.05) is 24.3 Å². The molecule has 6 N–H and O–H groups in total. The van der Waals surface area contributed by atoms with E-state index in [1.807, 2.05) is 0 Å². The quantitative estimate of drug-likeness (QED) is 0.0596. The number of carboxylic acid groups (broad SMARTS) is 1. The topological polar surface area (TPSA) is 248 Å². The minimum Gasteiger partial charge on any atom is -0.503 e. The SMILES string of the molecule is CON=C(C(=O)N[C@@H]1C(=O)N2C(C(=O)O)=C(CSc3nnc(SCc4cc(=O)c(O)cn4O)s3)CS[C@@H]12)c1nsc(N)n1. The highest BCUT2D eigenvalue weighted by Crippen LogP contribution is 2.42. The Balaban J connectivity index is 1.22. The predicted octanol–water partition coefficient (Wildman–Crippen LogP) is 0.250. The zero-order chi connectivity index (χ0) is 30.8. The minimum absolute atomic E-state index is 0.0700. The average Bonchev–Trinajstić information content (AvgIpc) is 3.62. The van der Waals surface area contributed by atoms with Gasteiger partial charge in [0.05, 0.1) is 11.9 Å². The Kier molecular flexibility index (Phi) is 9.10. The summed E-state index contributed by atoms with van der Waals surface area (Å²) in [6.45, 7) is 0. The van der Waals surface area contributed by atoms with Crippen LogP contribution in [-0.4, -0.2) is 98.1 Å². The molecule has 0 saturated carbocycles. The Bertz CT molecular complexity index is 1720. The number of pyridine rings is 1. The molecule has 0 bridgehead atoms. The molecular formula is C21H19N9O8S5. The van der Waals surface area contributed by atoms with E-state index in [0.717, 1.165) is 28.7 Å². The van der Waals surface area contributed by atoms with E-state index in [4.69, 9.17) is 10.6 Å². The molecule has 5 heterocycles. The number of nitrogens with two attached hydrogens (primary N) is 1. The summed E-state index contributed by atoms with van der Waals surface area (Å²) < 4.78 is 5.67. The third-order valence-electron chi connectivity index (χ3n) is 5.78. The number of hydrogen-bond donors (Lipinski definition) is 5. The molecule has 2 atom stereocenters. The first kappa shape index (κ1) is 30.6. The summed E-state index contributed by atoms with van der Waals surface area (Å²) >= 11 is 5.85. The molecule has 3 aromatic heterocycles. The molecule has 43 heavy (non-hydrogen) atoms. The zero-order valence-corrected chi connectivity index (χ0v) is 25.6. The average molecular weight is 686 g/mol. The maximum absolute atomic E-state index is 13.0. The van der Waals surface area contributed by atoms with E-state index in [2.05, 4.69) is 30.0 Å². The van der Waals surface area contributed by atoms with E-state index in [-0.39, 0.29) is 45.3 Å². The largest absolute Gasteiger partial charge is 0.503 e. The fraction of sp³-hybridized carbons (Fsp3) is 0.286. The van der Waals surface area contributed by atoms with Gasteiger partial charge in [-0.1, -0.05) is 40.0 Å². The van der Waals surface area contributed by atoms with Crippen LogP contribution >= 0.6 is 58.2 Å². The van der Waals surface area contributed by atoms with Crippen LogP contribution in [-0.2, 0) is 25.0 Å². The summed E-state index contributed by atoms with van der Waals surface area (Å²) in [5.74, 6) is -2.61. The number of β-lactam (4-membered cyclic amide) rings is 1. The molecule has 0 spiro atoms. The summed E-state index contributed by atoms with van der Waals surface area (Å²) in [6, 6.07) is 0.103. The lowest BCUT2D eigenvalue weighted by Gasteiger charge is -2.49. The number of aromatic hydroxyl groups is 1. The summed E-state index contributed by atoms with van der Waals surface area (Å²) in [5.41, 5.74) is 5.28. The van der Waals surface area contributed by atoms with Gasteiger partial charge in [0.1, 0.15) is 24.2 Å². The van der Waals surface area contributed by atoms with Gasteiger partial charge < -0.3 is 31.3 Å². The molecule has 22 heteroatoms. The van der Waals surface area contributed by atoms with Crippen LogP contribution in [0.4, 0.5) is 5.13 Å². The predicted molar refractivity (Wildman–Crippen MR) is 157 cm³/mol. The van der Waals surface area contributed by atoms with Crippen LogP contribution in [0.25, 0.3) is 0 Å². The van der Waals surface area contributed by atoms with Crippen molar-refractivity contribution in [2.24, 2.45) is 5.16 Å². The molecule has 2 amide bonds. The molecule has 5 rings (SSSR count). The molecular weight excluding hydrogens is 667 g/mol. The highest BCUT2D eigenvalue weighted by Gasteiger charge is 2.54. The lowest BCUT2D eigenvalue weighted by atomic mass is 10.0. The lowest BCUT2D eigenvalue weighted by Crippen LogP contribution is -2.71. The number of aliphatic carboxylic acids is 1. The Hall–Kier alpha value is -3.86. The molecule has 3 aromatic rings. The van der Waals surface area contributed by atoms with Crippen LogP contribution in [0.15, 0.2) is 42.2 Å². The number of carbonyl (C=O) groups is 3. The molecule has 17 nitrogen and oxygen atoms in total.